The Morgan fingerprint density at radius 2 is 2.27 bits per heavy atom. The molecule has 0 fully saturated rings. The minimum Gasteiger partial charge on any atom is -0.336 e. The van der Waals surface area contributed by atoms with Crippen molar-refractivity contribution < 1.29 is 0 Å². The highest BCUT2D eigenvalue weighted by Crippen LogP contribution is 2.00. The van der Waals surface area contributed by atoms with Crippen LogP contribution in [0.3, 0.4) is 0 Å². The molecule has 0 atom stereocenters. The molecule has 1 aromatic rings. The van der Waals surface area contributed by atoms with Gasteiger partial charge in [0.2, 0.25) is 0 Å². The van der Waals surface area contributed by atoms with Crippen LogP contribution in [0.4, 0.5) is 0 Å². The van der Waals surface area contributed by atoms with E-state index in [2.05, 4.69) is 41.1 Å². The van der Waals surface area contributed by atoms with E-state index in [1.54, 1.807) is 6.20 Å². The van der Waals surface area contributed by atoms with Crippen LogP contribution in [0.5, 0.6) is 0 Å². The Morgan fingerprint density at radius 1 is 1.53 bits per heavy atom. The molecule has 0 radical (unpaired) electrons. The molecule has 0 saturated heterocycles. The topological polar surface area (TPSA) is 52.5 Å². The third kappa shape index (κ3) is 4.61. The predicted octanol–water partition coefficient (Wildman–Crippen LogP) is 2.22. The maximum Gasteiger partial charge on any atom is 0.129 e. The molecule has 0 saturated carbocycles. The lowest BCUT2D eigenvalue weighted by molar-refractivity contribution is 0.938. The van der Waals surface area contributed by atoms with Gasteiger partial charge >= 0.3 is 0 Å². The molecule has 80 valence electrons. The van der Waals surface area contributed by atoms with Crippen molar-refractivity contribution in [3.8, 4) is 11.5 Å². The van der Waals surface area contributed by atoms with Crippen LogP contribution in [0, 0.1) is 16.9 Å². The van der Waals surface area contributed by atoms with E-state index in [-0.39, 0.29) is 0 Å². The third-order valence-corrected chi connectivity index (χ3v) is 2.60. The van der Waals surface area contributed by atoms with Crippen molar-refractivity contribution >= 4 is 14.3 Å². The minimum absolute atomic E-state index is 0.731. The zero-order valence-electron chi connectivity index (χ0n) is 9.52. The van der Waals surface area contributed by atoms with E-state index in [1.807, 2.05) is 0 Å². The van der Waals surface area contributed by atoms with Crippen LogP contribution in [-0.2, 0) is 6.42 Å². The fourth-order valence-corrected chi connectivity index (χ4v) is 1.53. The molecule has 1 rings (SSSR count). The summed E-state index contributed by atoms with van der Waals surface area (Å²) in [6.45, 7) is 6.64. The van der Waals surface area contributed by atoms with Gasteiger partial charge in [0.1, 0.15) is 19.6 Å². The highest BCUT2D eigenvalue weighted by molar-refractivity contribution is 6.83. The Kier molecular flexibility index (Phi) is 3.86. The van der Waals surface area contributed by atoms with Crippen LogP contribution in [0.15, 0.2) is 6.20 Å². The average molecular weight is 219 g/mol. The molecule has 3 nitrogen and oxygen atoms in total. The summed E-state index contributed by atoms with van der Waals surface area (Å²) in [7, 11) is -1.30. The summed E-state index contributed by atoms with van der Waals surface area (Å²) in [5.74, 6) is 4.03. The second-order valence-corrected chi connectivity index (χ2v) is 9.24. The molecular formula is C11H17N3Si. The van der Waals surface area contributed by atoms with Crippen LogP contribution in [0.1, 0.15) is 17.9 Å². The number of aryl methyl sites for hydroxylation is 1. The summed E-state index contributed by atoms with van der Waals surface area (Å²) in [6.07, 6.45) is 4.69. The second kappa shape index (κ2) is 4.94. The summed E-state index contributed by atoms with van der Waals surface area (Å²) in [4.78, 5) is 7.36. The zero-order valence-corrected chi connectivity index (χ0v) is 10.5. The maximum atomic E-state index is 6.93. The van der Waals surface area contributed by atoms with E-state index in [0.29, 0.717) is 0 Å². The molecule has 15 heavy (non-hydrogen) atoms. The largest absolute Gasteiger partial charge is 0.336 e. The molecule has 0 spiro atoms. The van der Waals surface area contributed by atoms with Gasteiger partial charge in [-0.3, -0.25) is 0 Å². The Labute approximate surface area is 91.8 Å². The van der Waals surface area contributed by atoms with Gasteiger partial charge in [-0.15, -0.1) is 5.54 Å². The lowest BCUT2D eigenvalue weighted by Gasteiger charge is -2.02. The molecule has 0 bridgehead atoms. The monoisotopic (exact) mass is 219 g/mol. The van der Waals surface area contributed by atoms with Crippen LogP contribution in [0.2, 0.25) is 19.6 Å². The average Bonchev–Trinajstić information content (AvgIpc) is 2.58. The Hall–Kier alpha value is -1.34. The fraction of sp³-hybridized carbons (Fsp3) is 0.455. The highest BCUT2D eigenvalue weighted by atomic mass is 28.3. The Bertz CT molecular complexity index is 390. The van der Waals surface area contributed by atoms with Crippen LogP contribution in [-0.4, -0.2) is 24.3 Å². The maximum absolute atomic E-state index is 6.93. The first-order valence-electron chi connectivity index (χ1n) is 5.07. The van der Waals surface area contributed by atoms with E-state index in [1.165, 1.54) is 6.21 Å². The van der Waals surface area contributed by atoms with E-state index in [4.69, 9.17) is 5.41 Å². The molecule has 2 N–H and O–H groups in total. The summed E-state index contributed by atoms with van der Waals surface area (Å²) in [5.41, 5.74) is 4.17. The first-order valence-corrected chi connectivity index (χ1v) is 8.57. The lowest BCUT2D eigenvalue weighted by Crippen LogP contribution is -2.16. The number of nitrogens with zero attached hydrogens (tertiary/aromatic N) is 1. The van der Waals surface area contributed by atoms with Crippen molar-refractivity contribution in [2.45, 2.75) is 32.5 Å². The van der Waals surface area contributed by atoms with Gasteiger partial charge in [-0.25, -0.2) is 4.98 Å². The number of H-pyrrole nitrogens is 1. The van der Waals surface area contributed by atoms with Gasteiger partial charge in [-0.2, -0.15) is 0 Å². The van der Waals surface area contributed by atoms with Crippen molar-refractivity contribution in [1.82, 2.24) is 9.97 Å². The number of hydrogen-bond acceptors (Lipinski definition) is 2. The van der Waals surface area contributed by atoms with Crippen LogP contribution < -0.4 is 0 Å². The smallest absolute Gasteiger partial charge is 0.129 e. The second-order valence-electron chi connectivity index (χ2n) is 4.49. The number of rotatable bonds is 3. The molecule has 1 aromatic heterocycles. The molecule has 0 amide bonds. The van der Waals surface area contributed by atoms with Crippen molar-refractivity contribution in [3.05, 3.63) is 17.7 Å². The molecule has 0 aliphatic rings. The standard InChI is InChI=1S/C11H17N3Si/c1-15(2,3)8-6-10-9-13-11(14-10)5-4-7-12/h7,9,12H,4-5H2,1-3H3,(H,13,14). The molecule has 4 heteroatoms. The number of nitrogens with one attached hydrogen (secondary N) is 2. The predicted molar refractivity (Wildman–Crippen MR) is 65.9 cm³/mol. The van der Waals surface area contributed by atoms with Gasteiger partial charge in [-0.05, 0) is 12.6 Å². The van der Waals surface area contributed by atoms with E-state index >= 15 is 0 Å². The van der Waals surface area contributed by atoms with Gasteiger partial charge in [0.05, 0.1) is 6.20 Å². The summed E-state index contributed by atoms with van der Waals surface area (Å²) in [5, 5.41) is 6.93. The number of aromatic nitrogens is 2. The van der Waals surface area contributed by atoms with Gasteiger partial charge in [-0.1, -0.05) is 25.6 Å². The molecule has 0 aliphatic carbocycles. The molecule has 1 heterocycles. The van der Waals surface area contributed by atoms with Gasteiger partial charge < -0.3 is 10.4 Å². The summed E-state index contributed by atoms with van der Waals surface area (Å²) < 4.78 is 0. The number of hydrogen-bond donors (Lipinski definition) is 2. The molecule has 0 aliphatic heterocycles. The normalized spacial score (nSPS) is 10.6. The Balaban J connectivity index is 2.67. The highest BCUT2D eigenvalue weighted by Gasteiger charge is 2.07. The van der Waals surface area contributed by atoms with E-state index in [9.17, 15) is 0 Å². The van der Waals surface area contributed by atoms with E-state index in [0.717, 1.165) is 24.4 Å². The first-order chi connectivity index (χ1) is 7.01. The van der Waals surface area contributed by atoms with Crippen molar-refractivity contribution in [3.63, 3.8) is 0 Å². The van der Waals surface area contributed by atoms with Crippen LogP contribution >= 0.6 is 0 Å². The van der Waals surface area contributed by atoms with Gasteiger partial charge in [0.25, 0.3) is 0 Å². The van der Waals surface area contributed by atoms with Gasteiger partial charge in [0.15, 0.2) is 0 Å². The molecule has 0 unspecified atom stereocenters. The minimum atomic E-state index is -1.30. The fourth-order valence-electron chi connectivity index (χ4n) is 1.02. The summed E-state index contributed by atoms with van der Waals surface area (Å²) in [6, 6.07) is 0. The molecular weight excluding hydrogens is 202 g/mol. The summed E-state index contributed by atoms with van der Waals surface area (Å²) >= 11 is 0. The Morgan fingerprint density at radius 3 is 2.87 bits per heavy atom. The number of imidazole rings is 1. The quantitative estimate of drug-likeness (QED) is 0.457. The lowest BCUT2D eigenvalue weighted by atomic mass is 10.3. The third-order valence-electron chi connectivity index (χ3n) is 1.73. The number of aromatic amines is 1. The molecule has 0 aromatic carbocycles. The van der Waals surface area contributed by atoms with Gasteiger partial charge in [0, 0.05) is 6.42 Å². The van der Waals surface area contributed by atoms with Crippen molar-refractivity contribution in [1.29, 1.82) is 5.41 Å². The van der Waals surface area contributed by atoms with Crippen molar-refractivity contribution in [2.24, 2.45) is 0 Å². The van der Waals surface area contributed by atoms with E-state index < -0.39 is 8.07 Å². The first kappa shape index (κ1) is 11.7. The van der Waals surface area contributed by atoms with Crippen molar-refractivity contribution in [2.75, 3.05) is 0 Å². The van der Waals surface area contributed by atoms with Crippen LogP contribution in [0.25, 0.3) is 0 Å². The SMILES string of the molecule is C[Si](C)(C)C#Cc1cnc(CCC=N)[nH]1. The zero-order chi connectivity index (χ0) is 11.3.